The van der Waals surface area contributed by atoms with Crippen LogP contribution in [0.1, 0.15) is 65.9 Å². The minimum absolute atomic E-state index is 0.0273. The van der Waals surface area contributed by atoms with Crippen molar-refractivity contribution < 1.29 is 23.9 Å². The van der Waals surface area contributed by atoms with E-state index in [9.17, 15) is 14.4 Å². The van der Waals surface area contributed by atoms with Crippen molar-refractivity contribution in [1.82, 2.24) is 9.80 Å². The molecule has 0 spiro atoms. The van der Waals surface area contributed by atoms with Crippen molar-refractivity contribution in [2.24, 2.45) is 5.92 Å². The number of carboxylic acids is 1. The van der Waals surface area contributed by atoms with Crippen molar-refractivity contribution in [3.8, 4) is 0 Å². The molecule has 0 atom stereocenters. The first kappa shape index (κ1) is 18.5. The number of piperazine rings is 1. The Labute approximate surface area is 152 Å². The molecule has 7 heteroatoms. The fourth-order valence-corrected chi connectivity index (χ4v) is 3.84. The third-order valence-corrected chi connectivity index (χ3v) is 5.47. The maximum Gasteiger partial charge on any atom is 0.338 e. The average molecular weight is 362 g/mol. The van der Waals surface area contributed by atoms with Crippen LogP contribution in [0.25, 0.3) is 0 Å². The molecule has 1 aromatic heterocycles. The summed E-state index contributed by atoms with van der Waals surface area (Å²) in [5, 5.41) is 8.90. The predicted octanol–water partition coefficient (Wildman–Crippen LogP) is 2.62. The van der Waals surface area contributed by atoms with E-state index in [1.165, 1.54) is 38.2 Å². The molecule has 26 heavy (non-hydrogen) atoms. The lowest BCUT2D eigenvalue weighted by Gasteiger charge is -2.34. The van der Waals surface area contributed by atoms with Crippen LogP contribution in [0.15, 0.2) is 16.7 Å². The van der Waals surface area contributed by atoms with Crippen molar-refractivity contribution >= 4 is 17.8 Å². The second-order valence-electron chi connectivity index (χ2n) is 7.22. The number of carbonyl (C=O) groups excluding carboxylic acids is 2. The molecule has 1 saturated carbocycles. The van der Waals surface area contributed by atoms with Crippen molar-refractivity contribution in [3.05, 3.63) is 23.7 Å². The molecule has 0 aromatic carbocycles. The van der Waals surface area contributed by atoms with Gasteiger partial charge in [0.2, 0.25) is 5.91 Å². The fourth-order valence-electron chi connectivity index (χ4n) is 3.84. The molecule has 2 fully saturated rings. The number of nitrogens with zero attached hydrogens (tertiary/aromatic N) is 2. The van der Waals surface area contributed by atoms with E-state index in [4.69, 9.17) is 9.52 Å². The van der Waals surface area contributed by atoms with E-state index in [2.05, 4.69) is 0 Å². The minimum atomic E-state index is -1.12. The third kappa shape index (κ3) is 4.45. The third-order valence-electron chi connectivity index (χ3n) is 5.47. The first-order chi connectivity index (χ1) is 12.5. The van der Waals surface area contributed by atoms with Crippen LogP contribution in [0.4, 0.5) is 0 Å². The van der Waals surface area contributed by atoms with Gasteiger partial charge in [-0.1, -0.05) is 32.1 Å². The SMILES string of the molecule is O=C(O)c1coc(C(=O)N2CCN(C(=O)CCC3CCCCC3)CC2)c1. The Morgan fingerprint density at radius 2 is 1.69 bits per heavy atom. The monoisotopic (exact) mass is 362 g/mol. The molecule has 2 aliphatic rings. The highest BCUT2D eigenvalue weighted by molar-refractivity contribution is 5.95. The summed E-state index contributed by atoms with van der Waals surface area (Å²) < 4.78 is 5.07. The number of hydrogen-bond acceptors (Lipinski definition) is 4. The van der Waals surface area contributed by atoms with E-state index in [0.717, 1.165) is 12.7 Å². The van der Waals surface area contributed by atoms with Crippen LogP contribution in [0, 0.1) is 5.92 Å². The zero-order chi connectivity index (χ0) is 18.5. The van der Waals surface area contributed by atoms with Crippen LogP contribution in [-0.4, -0.2) is 58.9 Å². The molecule has 142 valence electrons. The fraction of sp³-hybridized carbons (Fsp3) is 0.632. The molecular formula is C19H26N2O5. The van der Waals surface area contributed by atoms with E-state index >= 15 is 0 Å². The van der Waals surface area contributed by atoms with Gasteiger partial charge in [0.15, 0.2) is 5.76 Å². The summed E-state index contributed by atoms with van der Waals surface area (Å²) in [7, 11) is 0. The molecule has 1 N–H and O–H groups in total. The summed E-state index contributed by atoms with van der Waals surface area (Å²) in [4.78, 5) is 39.1. The van der Waals surface area contributed by atoms with Gasteiger partial charge in [-0.2, -0.15) is 0 Å². The van der Waals surface area contributed by atoms with Crippen LogP contribution in [-0.2, 0) is 4.79 Å². The van der Waals surface area contributed by atoms with E-state index in [1.54, 1.807) is 4.90 Å². The Bertz CT molecular complexity index is 655. The van der Waals surface area contributed by atoms with Crippen LogP contribution in [0.2, 0.25) is 0 Å². The molecule has 2 heterocycles. The summed E-state index contributed by atoms with van der Waals surface area (Å²) in [6.45, 7) is 1.91. The molecule has 1 saturated heterocycles. The Morgan fingerprint density at radius 1 is 1.04 bits per heavy atom. The van der Waals surface area contributed by atoms with Crippen LogP contribution in [0.5, 0.6) is 0 Å². The highest BCUT2D eigenvalue weighted by Gasteiger charge is 2.27. The summed E-state index contributed by atoms with van der Waals surface area (Å²) in [5.74, 6) is -0.556. The molecule has 3 rings (SSSR count). The molecule has 0 unspecified atom stereocenters. The zero-order valence-corrected chi connectivity index (χ0v) is 15.0. The van der Waals surface area contributed by atoms with Gasteiger partial charge in [0, 0.05) is 38.7 Å². The summed E-state index contributed by atoms with van der Waals surface area (Å²) in [6, 6.07) is 1.24. The lowest BCUT2D eigenvalue weighted by atomic mass is 9.86. The molecule has 0 radical (unpaired) electrons. The molecular weight excluding hydrogens is 336 g/mol. The molecule has 7 nitrogen and oxygen atoms in total. The number of aromatic carboxylic acids is 1. The maximum absolute atomic E-state index is 12.4. The van der Waals surface area contributed by atoms with Gasteiger partial charge in [0.1, 0.15) is 6.26 Å². The first-order valence-electron chi connectivity index (χ1n) is 9.43. The van der Waals surface area contributed by atoms with Gasteiger partial charge in [-0.3, -0.25) is 9.59 Å². The zero-order valence-electron chi connectivity index (χ0n) is 15.0. The van der Waals surface area contributed by atoms with Gasteiger partial charge in [0.05, 0.1) is 5.56 Å². The van der Waals surface area contributed by atoms with Crippen molar-refractivity contribution in [3.63, 3.8) is 0 Å². The summed E-state index contributed by atoms with van der Waals surface area (Å²) in [5.41, 5.74) is -0.0372. The lowest BCUT2D eigenvalue weighted by Crippen LogP contribution is -2.50. The van der Waals surface area contributed by atoms with Gasteiger partial charge in [-0.05, 0) is 12.3 Å². The number of carbonyl (C=O) groups is 3. The Hall–Kier alpha value is -2.31. The van der Waals surface area contributed by atoms with Gasteiger partial charge < -0.3 is 19.3 Å². The van der Waals surface area contributed by atoms with Gasteiger partial charge in [0.25, 0.3) is 5.91 Å². The number of carboxylic acid groups (broad SMARTS) is 1. The molecule has 2 amide bonds. The average Bonchev–Trinajstić information content (AvgIpc) is 3.17. The summed E-state index contributed by atoms with van der Waals surface area (Å²) >= 11 is 0. The Morgan fingerprint density at radius 3 is 2.31 bits per heavy atom. The molecule has 1 aliphatic heterocycles. The van der Waals surface area contributed by atoms with Gasteiger partial charge in [-0.15, -0.1) is 0 Å². The lowest BCUT2D eigenvalue weighted by molar-refractivity contribution is -0.133. The van der Waals surface area contributed by atoms with Gasteiger partial charge in [-0.25, -0.2) is 4.79 Å². The quantitative estimate of drug-likeness (QED) is 0.869. The second-order valence-corrected chi connectivity index (χ2v) is 7.22. The van der Waals surface area contributed by atoms with Crippen molar-refractivity contribution in [2.45, 2.75) is 44.9 Å². The minimum Gasteiger partial charge on any atom is -0.478 e. The van der Waals surface area contributed by atoms with E-state index in [-0.39, 0.29) is 23.1 Å². The second kappa shape index (κ2) is 8.38. The maximum atomic E-state index is 12.4. The number of amides is 2. The largest absolute Gasteiger partial charge is 0.478 e. The van der Waals surface area contributed by atoms with Crippen LogP contribution in [0.3, 0.4) is 0 Å². The molecule has 1 aliphatic carbocycles. The van der Waals surface area contributed by atoms with E-state index in [1.807, 2.05) is 4.90 Å². The Balaban J connectivity index is 1.44. The molecule has 1 aromatic rings. The smallest absolute Gasteiger partial charge is 0.338 e. The number of furan rings is 1. The number of hydrogen-bond donors (Lipinski definition) is 1. The number of rotatable bonds is 5. The van der Waals surface area contributed by atoms with E-state index < -0.39 is 5.97 Å². The van der Waals surface area contributed by atoms with Crippen molar-refractivity contribution in [1.29, 1.82) is 0 Å². The standard InChI is InChI=1S/C19H26N2O5/c22-17(7-6-14-4-2-1-3-5-14)20-8-10-21(11-9-20)18(23)16-12-15(13-26-16)19(24)25/h12-14H,1-11H2,(H,24,25). The van der Waals surface area contributed by atoms with Crippen LogP contribution >= 0.6 is 0 Å². The highest BCUT2D eigenvalue weighted by Crippen LogP contribution is 2.27. The van der Waals surface area contributed by atoms with Crippen molar-refractivity contribution in [2.75, 3.05) is 26.2 Å². The first-order valence-corrected chi connectivity index (χ1v) is 9.43. The van der Waals surface area contributed by atoms with Gasteiger partial charge >= 0.3 is 5.97 Å². The van der Waals surface area contributed by atoms with Crippen LogP contribution < -0.4 is 0 Å². The Kier molecular flexibility index (Phi) is 5.96. The predicted molar refractivity (Wildman–Crippen MR) is 94.0 cm³/mol. The molecule has 0 bridgehead atoms. The highest BCUT2D eigenvalue weighted by atomic mass is 16.4. The topological polar surface area (TPSA) is 91.1 Å². The summed E-state index contributed by atoms with van der Waals surface area (Å²) in [6.07, 6.45) is 9.03. The van der Waals surface area contributed by atoms with E-state index in [0.29, 0.717) is 38.5 Å². The normalized spacial score (nSPS) is 18.8.